The molecule has 0 saturated carbocycles. The van der Waals surface area contributed by atoms with Crippen LogP contribution in [-0.4, -0.2) is 43.5 Å². The van der Waals surface area contributed by atoms with Gasteiger partial charge in [0.2, 0.25) is 5.91 Å². The van der Waals surface area contributed by atoms with E-state index in [0.717, 1.165) is 30.8 Å². The number of anilines is 1. The van der Waals surface area contributed by atoms with Crippen molar-refractivity contribution in [2.45, 2.75) is 78.9 Å². The Labute approximate surface area is 194 Å². The molecule has 1 aromatic rings. The standard InChI is InChI=1S/C26H43N3O3/c1-19(30)13-15-26(6,7)32-18-16-25(4,5)21(3)28-20(2)24(31)29-23-11-9-22(10-12-23)14-17-27-8/h9-12,20,27-28H,3,13-18H2,1-2,4-8H3,(H,29,31)/t20-/m1/s1. The first kappa shape index (κ1) is 27.9. The molecular formula is C26H43N3O3. The van der Waals surface area contributed by atoms with Crippen molar-refractivity contribution in [3.05, 3.63) is 42.1 Å². The highest BCUT2D eigenvalue weighted by atomic mass is 16.5. The molecule has 1 atom stereocenters. The predicted molar refractivity (Wildman–Crippen MR) is 133 cm³/mol. The van der Waals surface area contributed by atoms with Crippen LogP contribution in [0.5, 0.6) is 0 Å². The summed E-state index contributed by atoms with van der Waals surface area (Å²) in [6.07, 6.45) is 2.94. The number of Topliss-reactive ketones (excluding diaryl/α,β-unsaturated/α-hetero) is 1. The first-order chi connectivity index (χ1) is 14.9. The molecule has 0 spiro atoms. The monoisotopic (exact) mass is 445 g/mol. The second kappa shape index (κ2) is 12.8. The number of amides is 1. The molecule has 0 heterocycles. The maximum atomic E-state index is 12.6. The molecule has 1 rings (SSSR count). The number of benzene rings is 1. The quantitative estimate of drug-likeness (QED) is 0.371. The van der Waals surface area contributed by atoms with Gasteiger partial charge in [0.15, 0.2) is 0 Å². The van der Waals surface area contributed by atoms with Crippen molar-refractivity contribution in [3.63, 3.8) is 0 Å². The Morgan fingerprint density at radius 1 is 1.09 bits per heavy atom. The maximum absolute atomic E-state index is 12.6. The van der Waals surface area contributed by atoms with Crippen LogP contribution in [0.4, 0.5) is 5.69 Å². The summed E-state index contributed by atoms with van der Waals surface area (Å²) in [4.78, 5) is 23.9. The number of rotatable bonds is 15. The van der Waals surface area contributed by atoms with E-state index in [4.69, 9.17) is 4.74 Å². The van der Waals surface area contributed by atoms with E-state index in [1.165, 1.54) is 5.56 Å². The normalized spacial score (nSPS) is 12.8. The highest BCUT2D eigenvalue weighted by Crippen LogP contribution is 2.29. The molecule has 0 aromatic heterocycles. The summed E-state index contributed by atoms with van der Waals surface area (Å²) in [5.74, 6) is 0.0723. The summed E-state index contributed by atoms with van der Waals surface area (Å²) in [6, 6.07) is 7.51. The number of allylic oxidation sites excluding steroid dienone is 1. The minimum atomic E-state index is -0.418. The van der Waals surface area contributed by atoms with Crippen molar-refractivity contribution in [1.82, 2.24) is 10.6 Å². The molecule has 32 heavy (non-hydrogen) atoms. The zero-order valence-corrected chi connectivity index (χ0v) is 21.1. The lowest BCUT2D eigenvalue weighted by Crippen LogP contribution is -2.41. The summed E-state index contributed by atoms with van der Waals surface area (Å²) >= 11 is 0. The van der Waals surface area contributed by atoms with Gasteiger partial charge in [-0.3, -0.25) is 4.79 Å². The van der Waals surface area contributed by atoms with Crippen LogP contribution in [0.1, 0.15) is 66.4 Å². The number of ketones is 1. The molecule has 0 bridgehead atoms. The van der Waals surface area contributed by atoms with Gasteiger partial charge in [0.05, 0.1) is 5.60 Å². The van der Waals surface area contributed by atoms with E-state index < -0.39 is 6.04 Å². The lowest BCUT2D eigenvalue weighted by molar-refractivity contribution is -0.119. The Kier molecular flexibility index (Phi) is 11.1. The molecule has 0 aliphatic carbocycles. The third-order valence-corrected chi connectivity index (χ3v) is 5.79. The summed E-state index contributed by atoms with van der Waals surface area (Å²) in [6.45, 7) is 17.3. The molecule has 0 radical (unpaired) electrons. The second-order valence-electron chi connectivity index (χ2n) is 9.83. The van der Waals surface area contributed by atoms with E-state index in [9.17, 15) is 9.59 Å². The largest absolute Gasteiger partial charge is 0.377 e. The van der Waals surface area contributed by atoms with Gasteiger partial charge in [-0.15, -0.1) is 0 Å². The van der Waals surface area contributed by atoms with Crippen molar-refractivity contribution < 1.29 is 14.3 Å². The van der Waals surface area contributed by atoms with Gasteiger partial charge in [-0.25, -0.2) is 0 Å². The van der Waals surface area contributed by atoms with Crippen LogP contribution in [0, 0.1) is 5.41 Å². The number of nitrogens with one attached hydrogen (secondary N) is 3. The van der Waals surface area contributed by atoms with Crippen molar-refractivity contribution >= 4 is 17.4 Å². The zero-order valence-electron chi connectivity index (χ0n) is 21.1. The van der Waals surface area contributed by atoms with Crippen molar-refractivity contribution in [2.75, 3.05) is 25.5 Å². The fraction of sp³-hybridized carbons (Fsp3) is 0.615. The zero-order chi connectivity index (χ0) is 24.4. The summed E-state index contributed by atoms with van der Waals surface area (Å²) < 4.78 is 6.03. The lowest BCUT2D eigenvalue weighted by atomic mass is 9.86. The van der Waals surface area contributed by atoms with Crippen LogP contribution in [0.25, 0.3) is 0 Å². The van der Waals surface area contributed by atoms with Gasteiger partial charge in [0.25, 0.3) is 0 Å². The van der Waals surface area contributed by atoms with Gasteiger partial charge < -0.3 is 25.5 Å². The van der Waals surface area contributed by atoms with Crippen molar-refractivity contribution in [2.24, 2.45) is 5.41 Å². The summed E-state index contributed by atoms with van der Waals surface area (Å²) in [5.41, 5.74) is 2.22. The van der Waals surface area contributed by atoms with E-state index >= 15 is 0 Å². The Bertz CT molecular complexity index is 754. The molecule has 0 fully saturated rings. The Morgan fingerprint density at radius 2 is 1.72 bits per heavy atom. The SMILES string of the molecule is C=C(N[C@H](C)C(=O)Nc1ccc(CCNC)cc1)C(C)(C)CCOC(C)(C)CCC(C)=O. The number of carbonyl (C=O) groups excluding carboxylic acids is 2. The molecule has 1 amide bonds. The number of hydrogen-bond acceptors (Lipinski definition) is 5. The third kappa shape index (κ3) is 10.4. The van der Waals surface area contributed by atoms with E-state index in [2.05, 4.69) is 36.4 Å². The molecule has 0 aliphatic rings. The van der Waals surface area contributed by atoms with Gasteiger partial charge in [-0.2, -0.15) is 0 Å². The summed E-state index contributed by atoms with van der Waals surface area (Å²) in [7, 11) is 1.93. The predicted octanol–water partition coefficient (Wildman–Crippen LogP) is 4.46. The first-order valence-electron chi connectivity index (χ1n) is 11.5. The van der Waals surface area contributed by atoms with Gasteiger partial charge in [0, 0.05) is 29.8 Å². The maximum Gasteiger partial charge on any atom is 0.246 e. The fourth-order valence-electron chi connectivity index (χ4n) is 3.08. The van der Waals surface area contributed by atoms with Crippen LogP contribution in [0.2, 0.25) is 0 Å². The Hall–Kier alpha value is -2.18. The van der Waals surface area contributed by atoms with Crippen LogP contribution >= 0.6 is 0 Å². The van der Waals surface area contributed by atoms with Crippen LogP contribution in [-0.2, 0) is 20.7 Å². The van der Waals surface area contributed by atoms with E-state index in [0.29, 0.717) is 19.4 Å². The highest BCUT2D eigenvalue weighted by Gasteiger charge is 2.26. The van der Waals surface area contributed by atoms with E-state index in [-0.39, 0.29) is 22.7 Å². The fourth-order valence-corrected chi connectivity index (χ4v) is 3.08. The average Bonchev–Trinajstić information content (AvgIpc) is 2.71. The minimum Gasteiger partial charge on any atom is -0.377 e. The van der Waals surface area contributed by atoms with Gasteiger partial charge in [0.1, 0.15) is 11.8 Å². The average molecular weight is 446 g/mol. The topological polar surface area (TPSA) is 79.5 Å². The minimum absolute atomic E-state index is 0.105. The van der Waals surface area contributed by atoms with Gasteiger partial charge in [-0.05, 0) is 78.2 Å². The first-order valence-corrected chi connectivity index (χ1v) is 11.5. The van der Waals surface area contributed by atoms with E-state index in [1.54, 1.807) is 6.92 Å². The van der Waals surface area contributed by atoms with Crippen molar-refractivity contribution in [3.8, 4) is 0 Å². The van der Waals surface area contributed by atoms with Crippen LogP contribution in [0.3, 0.4) is 0 Å². The van der Waals surface area contributed by atoms with Crippen LogP contribution < -0.4 is 16.0 Å². The summed E-state index contributed by atoms with van der Waals surface area (Å²) in [5, 5.41) is 9.34. The second-order valence-corrected chi connectivity index (χ2v) is 9.83. The number of carbonyl (C=O) groups is 2. The molecule has 0 aliphatic heterocycles. The molecule has 180 valence electrons. The third-order valence-electron chi connectivity index (χ3n) is 5.79. The number of hydrogen-bond donors (Lipinski definition) is 3. The van der Waals surface area contributed by atoms with Gasteiger partial charge >= 0.3 is 0 Å². The Morgan fingerprint density at radius 3 is 2.28 bits per heavy atom. The molecule has 3 N–H and O–H groups in total. The lowest BCUT2D eigenvalue weighted by Gasteiger charge is -2.32. The van der Waals surface area contributed by atoms with Crippen LogP contribution in [0.15, 0.2) is 36.5 Å². The molecular weight excluding hydrogens is 402 g/mol. The number of likely N-dealkylation sites (N-methyl/N-ethyl adjacent to an activating group) is 1. The number of ether oxygens (including phenoxy) is 1. The molecule has 1 aromatic carbocycles. The molecule has 6 heteroatoms. The van der Waals surface area contributed by atoms with E-state index in [1.807, 2.05) is 52.1 Å². The highest BCUT2D eigenvalue weighted by molar-refractivity contribution is 5.94. The van der Waals surface area contributed by atoms with Gasteiger partial charge in [-0.1, -0.05) is 32.6 Å². The molecule has 0 saturated heterocycles. The molecule has 0 unspecified atom stereocenters. The molecule has 6 nitrogen and oxygen atoms in total. The Balaban J connectivity index is 2.50. The van der Waals surface area contributed by atoms with Crippen molar-refractivity contribution in [1.29, 1.82) is 0 Å². The smallest absolute Gasteiger partial charge is 0.246 e.